The van der Waals surface area contributed by atoms with Gasteiger partial charge in [0.25, 0.3) is 5.91 Å². The minimum atomic E-state index is -0.0539. The van der Waals surface area contributed by atoms with Crippen LogP contribution in [0.4, 0.5) is 5.82 Å². The van der Waals surface area contributed by atoms with E-state index in [0.29, 0.717) is 25.4 Å². The monoisotopic (exact) mass is 524 g/mol. The number of guanidine groups is 1. The van der Waals surface area contributed by atoms with Crippen molar-refractivity contribution in [3.05, 3.63) is 48.0 Å². The summed E-state index contributed by atoms with van der Waals surface area (Å²) >= 11 is 0. The molecule has 2 fully saturated rings. The number of pyridine rings is 1. The zero-order chi connectivity index (χ0) is 20.1. The number of aliphatic imine (C=N–C) groups is 1. The summed E-state index contributed by atoms with van der Waals surface area (Å²) < 4.78 is 5.22. The van der Waals surface area contributed by atoms with E-state index in [4.69, 9.17) is 4.42 Å². The highest BCUT2D eigenvalue weighted by atomic mass is 127. The van der Waals surface area contributed by atoms with E-state index >= 15 is 0 Å². The Balaban J connectivity index is 0.00000256. The summed E-state index contributed by atoms with van der Waals surface area (Å²) in [5.74, 6) is 2.25. The highest BCUT2D eigenvalue weighted by molar-refractivity contribution is 14.0. The Kier molecular flexibility index (Phi) is 7.94. The van der Waals surface area contributed by atoms with Gasteiger partial charge in [-0.25, -0.2) is 4.98 Å². The molecule has 2 aromatic rings. The minimum absolute atomic E-state index is 0. The molecule has 0 atom stereocenters. The summed E-state index contributed by atoms with van der Waals surface area (Å²) in [7, 11) is 1.79. The smallest absolute Gasteiger partial charge is 0.289 e. The van der Waals surface area contributed by atoms with E-state index < -0.39 is 0 Å². The quantitative estimate of drug-likeness (QED) is 0.376. The van der Waals surface area contributed by atoms with Gasteiger partial charge in [0.1, 0.15) is 5.82 Å². The Labute approximate surface area is 194 Å². The van der Waals surface area contributed by atoms with Crippen LogP contribution in [0.5, 0.6) is 0 Å². The number of rotatable bonds is 4. The molecule has 1 N–H and O–H groups in total. The van der Waals surface area contributed by atoms with Gasteiger partial charge < -0.3 is 24.4 Å². The number of carbonyl (C=O) groups is 1. The standard InChI is InChI=1S/C21H28N6O2.HI/c1-22-21(24-16-17-6-7-19(23-15-17)25-8-2-3-9-25)27-12-10-26(11-13-27)20(28)18-5-4-14-29-18;/h4-7,14-15H,2-3,8-13,16H2,1H3,(H,22,24);1H. The maximum atomic E-state index is 12.4. The van der Waals surface area contributed by atoms with Crippen LogP contribution in [0.25, 0.3) is 0 Å². The number of amides is 1. The lowest BCUT2D eigenvalue weighted by molar-refractivity contribution is 0.0657. The lowest BCUT2D eigenvalue weighted by atomic mass is 10.2. The number of halogens is 1. The number of carbonyl (C=O) groups excluding carboxylic acids is 1. The van der Waals surface area contributed by atoms with Gasteiger partial charge in [-0.3, -0.25) is 9.79 Å². The number of anilines is 1. The van der Waals surface area contributed by atoms with E-state index in [-0.39, 0.29) is 29.9 Å². The molecule has 2 aliphatic heterocycles. The Morgan fingerprint density at radius 2 is 1.83 bits per heavy atom. The largest absolute Gasteiger partial charge is 0.459 e. The predicted octanol–water partition coefficient (Wildman–Crippen LogP) is 2.43. The fourth-order valence-corrected chi connectivity index (χ4v) is 3.85. The van der Waals surface area contributed by atoms with E-state index in [1.54, 1.807) is 19.2 Å². The van der Waals surface area contributed by atoms with Gasteiger partial charge in [-0.1, -0.05) is 6.07 Å². The second kappa shape index (κ2) is 10.6. The first kappa shape index (κ1) is 22.4. The molecular formula is C21H29IN6O2. The first-order chi connectivity index (χ1) is 14.2. The molecular weight excluding hydrogens is 495 g/mol. The van der Waals surface area contributed by atoms with Gasteiger partial charge in [0.2, 0.25) is 0 Å². The van der Waals surface area contributed by atoms with Crippen molar-refractivity contribution in [3.8, 4) is 0 Å². The molecule has 8 nitrogen and oxygen atoms in total. The number of nitrogens with one attached hydrogen (secondary N) is 1. The van der Waals surface area contributed by atoms with Crippen LogP contribution in [-0.2, 0) is 6.54 Å². The van der Waals surface area contributed by atoms with Crippen LogP contribution in [0.1, 0.15) is 29.0 Å². The zero-order valence-electron chi connectivity index (χ0n) is 17.3. The Bertz CT molecular complexity index is 826. The third kappa shape index (κ3) is 5.24. The van der Waals surface area contributed by atoms with Gasteiger partial charge in [0.05, 0.1) is 6.26 Å². The molecule has 2 aromatic heterocycles. The van der Waals surface area contributed by atoms with Gasteiger partial charge in [-0.05, 0) is 36.6 Å². The van der Waals surface area contributed by atoms with Crippen LogP contribution in [0.3, 0.4) is 0 Å². The van der Waals surface area contributed by atoms with Gasteiger partial charge in [0, 0.05) is 59.1 Å². The van der Waals surface area contributed by atoms with Crippen molar-refractivity contribution in [1.29, 1.82) is 0 Å². The van der Waals surface area contributed by atoms with E-state index in [2.05, 4.69) is 37.2 Å². The van der Waals surface area contributed by atoms with Crippen molar-refractivity contribution < 1.29 is 9.21 Å². The SMILES string of the molecule is CN=C(NCc1ccc(N2CCCC2)nc1)N1CCN(C(=O)c2ccco2)CC1.I. The van der Waals surface area contributed by atoms with Crippen molar-refractivity contribution in [3.63, 3.8) is 0 Å². The molecule has 4 heterocycles. The first-order valence-electron chi connectivity index (χ1n) is 10.2. The summed E-state index contributed by atoms with van der Waals surface area (Å²) in [6, 6.07) is 7.67. The molecule has 9 heteroatoms. The molecule has 0 spiro atoms. The first-order valence-corrected chi connectivity index (χ1v) is 10.2. The van der Waals surface area contributed by atoms with Crippen molar-refractivity contribution in [2.45, 2.75) is 19.4 Å². The van der Waals surface area contributed by atoms with Crippen LogP contribution >= 0.6 is 24.0 Å². The van der Waals surface area contributed by atoms with E-state index in [9.17, 15) is 4.79 Å². The highest BCUT2D eigenvalue weighted by Gasteiger charge is 2.25. The zero-order valence-corrected chi connectivity index (χ0v) is 19.6. The number of piperazine rings is 1. The fraction of sp³-hybridized carbons (Fsp3) is 0.476. The summed E-state index contributed by atoms with van der Waals surface area (Å²) in [6.07, 6.45) is 5.97. The molecule has 0 radical (unpaired) electrons. The second-order valence-corrected chi connectivity index (χ2v) is 7.38. The minimum Gasteiger partial charge on any atom is -0.459 e. The lowest BCUT2D eigenvalue weighted by Crippen LogP contribution is -2.53. The van der Waals surface area contributed by atoms with Crippen molar-refractivity contribution in [2.24, 2.45) is 4.99 Å². The molecule has 30 heavy (non-hydrogen) atoms. The maximum absolute atomic E-state index is 12.4. The molecule has 2 saturated heterocycles. The molecule has 162 valence electrons. The van der Waals surface area contributed by atoms with Gasteiger partial charge >= 0.3 is 0 Å². The third-order valence-electron chi connectivity index (χ3n) is 5.50. The van der Waals surface area contributed by atoms with E-state index in [1.165, 1.54) is 19.1 Å². The second-order valence-electron chi connectivity index (χ2n) is 7.38. The summed E-state index contributed by atoms with van der Waals surface area (Å²) in [5.41, 5.74) is 1.13. The van der Waals surface area contributed by atoms with Crippen LogP contribution in [0, 0.1) is 0 Å². The fourth-order valence-electron chi connectivity index (χ4n) is 3.85. The molecule has 0 unspecified atom stereocenters. The molecule has 1 amide bonds. The topological polar surface area (TPSA) is 77.2 Å². The number of hydrogen-bond donors (Lipinski definition) is 1. The average molecular weight is 524 g/mol. The number of aromatic nitrogens is 1. The third-order valence-corrected chi connectivity index (χ3v) is 5.50. The summed E-state index contributed by atoms with van der Waals surface area (Å²) in [5, 5.41) is 3.42. The van der Waals surface area contributed by atoms with Crippen molar-refractivity contribution in [2.75, 3.05) is 51.2 Å². The predicted molar refractivity (Wildman–Crippen MR) is 127 cm³/mol. The van der Waals surface area contributed by atoms with E-state index in [0.717, 1.165) is 43.5 Å². The summed E-state index contributed by atoms with van der Waals surface area (Å²) in [6.45, 7) is 5.64. The van der Waals surface area contributed by atoms with Gasteiger partial charge in [-0.2, -0.15) is 0 Å². The number of furan rings is 1. The lowest BCUT2D eigenvalue weighted by Gasteiger charge is -2.36. The number of hydrogen-bond acceptors (Lipinski definition) is 5. The Hall–Kier alpha value is -2.30. The van der Waals surface area contributed by atoms with Crippen LogP contribution in [-0.4, -0.2) is 73.0 Å². The van der Waals surface area contributed by atoms with Crippen LogP contribution < -0.4 is 10.2 Å². The Morgan fingerprint density at radius 1 is 1.10 bits per heavy atom. The molecule has 0 bridgehead atoms. The van der Waals surface area contributed by atoms with Crippen LogP contribution in [0.2, 0.25) is 0 Å². The van der Waals surface area contributed by atoms with Crippen molar-refractivity contribution in [1.82, 2.24) is 20.1 Å². The van der Waals surface area contributed by atoms with Crippen LogP contribution in [0.15, 0.2) is 46.1 Å². The average Bonchev–Trinajstić information content (AvgIpc) is 3.49. The van der Waals surface area contributed by atoms with Gasteiger partial charge in [0.15, 0.2) is 11.7 Å². The van der Waals surface area contributed by atoms with E-state index in [1.807, 2.05) is 11.1 Å². The molecule has 0 aliphatic carbocycles. The van der Waals surface area contributed by atoms with Crippen molar-refractivity contribution >= 4 is 41.7 Å². The molecule has 0 aromatic carbocycles. The molecule has 4 rings (SSSR count). The maximum Gasteiger partial charge on any atom is 0.289 e. The Morgan fingerprint density at radius 3 is 2.43 bits per heavy atom. The highest BCUT2D eigenvalue weighted by Crippen LogP contribution is 2.17. The molecule has 0 saturated carbocycles. The molecule has 2 aliphatic rings. The van der Waals surface area contributed by atoms with Gasteiger partial charge in [-0.15, -0.1) is 24.0 Å². The number of nitrogens with zero attached hydrogens (tertiary/aromatic N) is 5. The normalized spacial score (nSPS) is 17.1. The summed E-state index contributed by atoms with van der Waals surface area (Å²) in [4.78, 5) is 27.8.